The lowest BCUT2D eigenvalue weighted by Crippen LogP contribution is -2.52. The number of carbonyl (C=O) groups excluding carboxylic acids is 3. The van der Waals surface area contributed by atoms with Crippen LogP contribution in [0.3, 0.4) is 0 Å². The number of Topliss-reactive ketones (excluding diaryl/α,β-unsaturated/α-hetero) is 1. The van der Waals surface area contributed by atoms with E-state index in [-0.39, 0.29) is 59.8 Å². The van der Waals surface area contributed by atoms with Gasteiger partial charge in [0.25, 0.3) is 0 Å². The Morgan fingerprint density at radius 1 is 1.09 bits per heavy atom. The third-order valence-electron chi connectivity index (χ3n) is 9.83. The monoisotopic (exact) mass is 478 g/mol. The van der Waals surface area contributed by atoms with Gasteiger partial charge in [0.15, 0.2) is 0 Å². The Labute approximate surface area is 203 Å². The van der Waals surface area contributed by atoms with Crippen LogP contribution in [0, 0.1) is 40.4 Å². The number of methoxy groups -OCH3 is 1. The van der Waals surface area contributed by atoms with Crippen LogP contribution < -0.4 is 0 Å². The zero-order valence-corrected chi connectivity index (χ0v) is 21.4. The Bertz CT molecular complexity index is 807. The molecule has 3 aliphatic rings. The SMILES string of the molecule is COC(=O)CC[C@@H](C)[C@H]1CC[C@H]2[C@H](CC(=O)O)C(C3(C)CC[C@H](OC(C)=O)CC3=O)CC[C@]12C. The molecule has 0 aromatic carbocycles. The first-order valence-electron chi connectivity index (χ1n) is 12.9. The van der Waals surface area contributed by atoms with Gasteiger partial charge in [-0.3, -0.25) is 19.2 Å². The van der Waals surface area contributed by atoms with Crippen molar-refractivity contribution in [1.29, 1.82) is 0 Å². The summed E-state index contributed by atoms with van der Waals surface area (Å²) in [5.74, 6) is -0.225. The number of carbonyl (C=O) groups is 4. The van der Waals surface area contributed by atoms with Gasteiger partial charge in [-0.15, -0.1) is 0 Å². The fraction of sp³-hybridized carbons (Fsp3) is 0.852. The summed E-state index contributed by atoms with van der Waals surface area (Å²) in [5.41, 5.74) is -0.562. The van der Waals surface area contributed by atoms with Crippen LogP contribution in [0.15, 0.2) is 0 Å². The molecule has 7 heteroatoms. The summed E-state index contributed by atoms with van der Waals surface area (Å²) >= 11 is 0. The van der Waals surface area contributed by atoms with E-state index in [9.17, 15) is 24.3 Å². The molecule has 0 spiro atoms. The van der Waals surface area contributed by atoms with E-state index in [0.717, 1.165) is 32.1 Å². The molecule has 2 unspecified atom stereocenters. The number of hydrogen-bond acceptors (Lipinski definition) is 6. The number of ketones is 1. The van der Waals surface area contributed by atoms with Gasteiger partial charge in [-0.05, 0) is 80.0 Å². The van der Waals surface area contributed by atoms with E-state index in [1.807, 2.05) is 6.92 Å². The van der Waals surface area contributed by atoms with Crippen LogP contribution in [0.25, 0.3) is 0 Å². The first-order valence-corrected chi connectivity index (χ1v) is 12.9. The average molecular weight is 479 g/mol. The highest BCUT2D eigenvalue weighted by Gasteiger charge is 2.59. The van der Waals surface area contributed by atoms with Crippen LogP contribution in [0.5, 0.6) is 0 Å². The second kappa shape index (κ2) is 10.4. The molecule has 0 aromatic rings. The standard InChI is InChI=1S/C27H42O7/c1-16(6-9-25(32)33-5)20-7-8-21-19(15-24(30)31)22(11-13-26(20,21)3)27(4)12-10-18(14-23(27)29)34-17(2)28/h16,18-22H,6-15H2,1-5H3,(H,30,31)/t16-,18+,19+,20-,21+,22?,26-,27?/m1/s1. The van der Waals surface area contributed by atoms with Crippen molar-refractivity contribution in [3.63, 3.8) is 0 Å². The van der Waals surface area contributed by atoms with Gasteiger partial charge in [0.1, 0.15) is 11.9 Å². The Balaban J connectivity index is 1.80. The molecule has 34 heavy (non-hydrogen) atoms. The number of esters is 2. The lowest BCUT2D eigenvalue weighted by atomic mass is 9.49. The summed E-state index contributed by atoms with van der Waals surface area (Å²) in [6, 6.07) is 0. The van der Waals surface area contributed by atoms with Crippen LogP contribution in [-0.2, 0) is 28.7 Å². The molecule has 3 aliphatic carbocycles. The number of rotatable bonds is 8. The summed E-state index contributed by atoms with van der Waals surface area (Å²) in [6.45, 7) is 7.91. The lowest BCUT2D eigenvalue weighted by molar-refractivity contribution is -0.159. The van der Waals surface area contributed by atoms with E-state index in [4.69, 9.17) is 9.47 Å². The van der Waals surface area contributed by atoms with Gasteiger partial charge in [-0.2, -0.15) is 0 Å². The third kappa shape index (κ3) is 5.18. The quantitative estimate of drug-likeness (QED) is 0.499. The molecule has 0 bridgehead atoms. The van der Waals surface area contributed by atoms with Crippen LogP contribution >= 0.6 is 0 Å². The first-order chi connectivity index (χ1) is 15.9. The predicted octanol–water partition coefficient (Wildman–Crippen LogP) is 4.80. The molecule has 1 N–H and O–H groups in total. The van der Waals surface area contributed by atoms with Crippen LogP contribution in [0.2, 0.25) is 0 Å². The molecular weight excluding hydrogens is 436 g/mol. The van der Waals surface area contributed by atoms with Gasteiger partial charge < -0.3 is 14.6 Å². The maximum atomic E-state index is 13.4. The van der Waals surface area contributed by atoms with Crippen molar-refractivity contribution in [2.45, 2.75) is 98.0 Å². The molecule has 0 aromatic heterocycles. The van der Waals surface area contributed by atoms with Crippen molar-refractivity contribution in [2.75, 3.05) is 7.11 Å². The second-order valence-electron chi connectivity index (χ2n) is 11.6. The number of hydrogen-bond donors (Lipinski definition) is 1. The Kier molecular flexibility index (Phi) is 8.14. The molecule has 3 saturated carbocycles. The normalized spacial score (nSPS) is 38.6. The smallest absolute Gasteiger partial charge is 0.305 e. The van der Waals surface area contributed by atoms with E-state index < -0.39 is 11.4 Å². The van der Waals surface area contributed by atoms with Gasteiger partial charge >= 0.3 is 17.9 Å². The van der Waals surface area contributed by atoms with Crippen molar-refractivity contribution in [3.8, 4) is 0 Å². The van der Waals surface area contributed by atoms with Crippen molar-refractivity contribution in [2.24, 2.45) is 40.4 Å². The average Bonchev–Trinajstić information content (AvgIpc) is 3.11. The highest BCUT2D eigenvalue weighted by Crippen LogP contribution is 2.64. The molecule has 3 rings (SSSR count). The Morgan fingerprint density at radius 3 is 2.38 bits per heavy atom. The molecule has 8 atom stereocenters. The van der Waals surface area contributed by atoms with Gasteiger partial charge in [0.2, 0.25) is 0 Å². The lowest BCUT2D eigenvalue weighted by Gasteiger charge is -2.54. The Hall–Kier alpha value is -1.92. The summed E-state index contributed by atoms with van der Waals surface area (Å²) in [4.78, 5) is 48.4. The predicted molar refractivity (Wildman–Crippen MR) is 126 cm³/mol. The molecule has 0 amide bonds. The number of carboxylic acid groups (broad SMARTS) is 1. The van der Waals surface area contributed by atoms with Crippen molar-refractivity contribution in [3.05, 3.63) is 0 Å². The van der Waals surface area contributed by atoms with Crippen molar-refractivity contribution in [1.82, 2.24) is 0 Å². The summed E-state index contributed by atoms with van der Waals surface area (Å²) < 4.78 is 10.1. The number of fused-ring (bicyclic) bond motifs is 1. The van der Waals surface area contributed by atoms with Crippen molar-refractivity contribution < 1.29 is 33.8 Å². The number of aliphatic carboxylic acids is 1. The molecule has 0 saturated heterocycles. The summed E-state index contributed by atoms with van der Waals surface area (Å²) in [7, 11) is 1.42. The van der Waals surface area contributed by atoms with Gasteiger partial charge in [0, 0.05) is 31.6 Å². The third-order valence-corrected chi connectivity index (χ3v) is 9.83. The van der Waals surface area contributed by atoms with Crippen molar-refractivity contribution >= 4 is 23.7 Å². The molecule has 192 valence electrons. The highest BCUT2D eigenvalue weighted by molar-refractivity contribution is 5.86. The van der Waals surface area contributed by atoms with Crippen LogP contribution in [0.1, 0.15) is 91.9 Å². The minimum absolute atomic E-state index is 0.0144. The number of ether oxygens (including phenoxy) is 2. The van der Waals surface area contributed by atoms with E-state index in [1.54, 1.807) is 0 Å². The first kappa shape index (κ1) is 26.7. The minimum Gasteiger partial charge on any atom is -0.481 e. The fourth-order valence-electron chi connectivity index (χ4n) is 8.06. The maximum absolute atomic E-state index is 13.4. The molecule has 3 fully saturated rings. The van der Waals surface area contributed by atoms with Gasteiger partial charge in [0.05, 0.1) is 7.11 Å². The topological polar surface area (TPSA) is 107 Å². The zero-order valence-electron chi connectivity index (χ0n) is 21.4. The van der Waals surface area contributed by atoms with Gasteiger partial charge in [-0.1, -0.05) is 20.8 Å². The second-order valence-corrected chi connectivity index (χ2v) is 11.6. The molecule has 0 radical (unpaired) electrons. The maximum Gasteiger partial charge on any atom is 0.305 e. The highest BCUT2D eigenvalue weighted by atomic mass is 16.5. The van der Waals surface area contributed by atoms with E-state index in [0.29, 0.717) is 31.1 Å². The molecule has 0 aliphatic heterocycles. The molecular formula is C27H42O7. The zero-order chi connectivity index (χ0) is 25.3. The molecule has 0 heterocycles. The van der Waals surface area contributed by atoms with E-state index in [1.165, 1.54) is 14.0 Å². The summed E-state index contributed by atoms with van der Waals surface area (Å²) in [5, 5.41) is 9.83. The van der Waals surface area contributed by atoms with E-state index >= 15 is 0 Å². The fourth-order valence-corrected chi connectivity index (χ4v) is 8.06. The van der Waals surface area contributed by atoms with E-state index in [2.05, 4.69) is 13.8 Å². The molecule has 7 nitrogen and oxygen atoms in total. The Morgan fingerprint density at radius 2 is 1.79 bits per heavy atom. The van der Waals surface area contributed by atoms with Crippen LogP contribution in [0.4, 0.5) is 0 Å². The summed E-state index contributed by atoms with van der Waals surface area (Å²) in [6.07, 6.45) is 6.23. The largest absolute Gasteiger partial charge is 0.481 e. The van der Waals surface area contributed by atoms with Gasteiger partial charge in [-0.25, -0.2) is 0 Å². The van der Waals surface area contributed by atoms with Crippen LogP contribution in [-0.4, -0.2) is 42.0 Å². The minimum atomic E-state index is -0.800. The number of carboxylic acids is 1.